The number of carbonyl (C=O) groups is 5. The van der Waals surface area contributed by atoms with Gasteiger partial charge in [-0.2, -0.15) is 0 Å². The van der Waals surface area contributed by atoms with Gasteiger partial charge in [0.1, 0.15) is 12.3 Å². The number of carboxylic acid groups (broad SMARTS) is 1. The Kier molecular flexibility index (Phi) is 17.1. The lowest BCUT2D eigenvalue weighted by Gasteiger charge is -2.03. The number of hydrogen-bond donors (Lipinski definition) is 5. The highest BCUT2D eigenvalue weighted by atomic mass is 16.6. The van der Waals surface area contributed by atoms with Crippen molar-refractivity contribution in [2.24, 2.45) is 11.5 Å². The largest absolute Gasteiger partial charge is 0.480 e. The van der Waals surface area contributed by atoms with Crippen molar-refractivity contribution in [1.82, 2.24) is 6.15 Å². The summed E-state index contributed by atoms with van der Waals surface area (Å²) in [6, 6.07) is 6.05. The van der Waals surface area contributed by atoms with Gasteiger partial charge in [-0.1, -0.05) is 6.92 Å². The molecule has 1 aromatic carbocycles. The maximum atomic E-state index is 11.2. The number of esters is 2. The number of anilines is 1. The maximum Gasteiger partial charge on any atom is 0.320 e. The highest BCUT2D eigenvalue weighted by Gasteiger charge is 2.19. The van der Waals surface area contributed by atoms with Crippen molar-refractivity contribution in [2.45, 2.75) is 51.5 Å². The van der Waals surface area contributed by atoms with Gasteiger partial charge in [-0.05, 0) is 50.1 Å². The number of nitrogens with one attached hydrogen (secondary N) is 1. The summed E-state index contributed by atoms with van der Waals surface area (Å²) in [5.74, 6) is -1.75. The third-order valence-electron chi connectivity index (χ3n) is 3.60. The summed E-state index contributed by atoms with van der Waals surface area (Å²) < 4.78 is 4.08. The zero-order valence-electron chi connectivity index (χ0n) is 17.7. The minimum Gasteiger partial charge on any atom is -0.480 e. The summed E-state index contributed by atoms with van der Waals surface area (Å²) in [6.45, 7) is 2.45. The van der Waals surface area contributed by atoms with Crippen LogP contribution in [0.15, 0.2) is 24.3 Å². The van der Waals surface area contributed by atoms with E-state index in [1.807, 2.05) is 6.92 Å². The van der Waals surface area contributed by atoms with Gasteiger partial charge in [-0.15, -0.1) is 0 Å². The van der Waals surface area contributed by atoms with Crippen molar-refractivity contribution < 1.29 is 33.8 Å². The molecule has 1 aromatic rings. The van der Waals surface area contributed by atoms with E-state index in [1.54, 1.807) is 24.3 Å². The molecule has 0 unspecified atom stereocenters. The first kappa shape index (κ1) is 30.0. The number of ether oxygens (including phenoxy) is 1. The zero-order valence-corrected chi connectivity index (χ0v) is 17.7. The van der Waals surface area contributed by atoms with Crippen molar-refractivity contribution in [3.63, 3.8) is 0 Å². The molecular formula is C20H32N4O7. The van der Waals surface area contributed by atoms with Crippen LogP contribution in [0, 0.1) is 0 Å². The Morgan fingerprint density at radius 3 is 2.10 bits per heavy atom. The van der Waals surface area contributed by atoms with Crippen LogP contribution in [0.1, 0.15) is 55.8 Å². The van der Waals surface area contributed by atoms with E-state index in [0.717, 1.165) is 18.4 Å². The lowest BCUT2D eigenvalue weighted by molar-refractivity contribution is -0.152. The molecule has 1 atom stereocenters. The topological polar surface area (TPSA) is 214 Å². The molecule has 1 heterocycles. The monoisotopic (exact) mass is 440 g/mol. The Labute approximate surface area is 181 Å². The number of nitrogens with two attached hydrogens (primary N) is 2. The molecule has 11 nitrogen and oxygen atoms in total. The van der Waals surface area contributed by atoms with Crippen molar-refractivity contribution in [3.05, 3.63) is 29.8 Å². The molecule has 2 rings (SSSR count). The van der Waals surface area contributed by atoms with Crippen LogP contribution < -0.4 is 22.9 Å². The average molecular weight is 440 g/mol. The van der Waals surface area contributed by atoms with Crippen molar-refractivity contribution in [3.8, 4) is 0 Å². The first-order valence-electron chi connectivity index (χ1n) is 9.50. The van der Waals surface area contributed by atoms with Gasteiger partial charge in [0.05, 0.1) is 12.8 Å². The molecule has 1 aliphatic heterocycles. The van der Waals surface area contributed by atoms with Crippen LogP contribution in [0.25, 0.3) is 0 Å². The summed E-state index contributed by atoms with van der Waals surface area (Å²) >= 11 is 0. The Morgan fingerprint density at radius 1 is 1.19 bits per heavy atom. The molecule has 9 N–H and O–H groups in total. The van der Waals surface area contributed by atoms with Crippen LogP contribution >= 0.6 is 0 Å². The van der Waals surface area contributed by atoms with Gasteiger partial charge in [0.2, 0.25) is 5.91 Å². The van der Waals surface area contributed by atoms with E-state index in [0.29, 0.717) is 31.4 Å². The van der Waals surface area contributed by atoms with E-state index >= 15 is 0 Å². The molecule has 1 fully saturated rings. The van der Waals surface area contributed by atoms with Crippen molar-refractivity contribution >= 4 is 35.8 Å². The summed E-state index contributed by atoms with van der Waals surface area (Å²) in [5.41, 5.74) is 11.6. The predicted molar refractivity (Wildman–Crippen MR) is 115 cm³/mol. The SMILES string of the molecule is CCCC(=O)Nc1ccc(C=O)cc1.N.NCCC[C@H](N)C(=O)O.O=C1CCC(=O)O1. The number of rotatable bonds is 8. The van der Waals surface area contributed by atoms with E-state index < -0.39 is 23.9 Å². The molecule has 0 spiro atoms. The third kappa shape index (κ3) is 15.4. The van der Waals surface area contributed by atoms with Crippen LogP contribution in [0.2, 0.25) is 0 Å². The second-order valence-electron chi connectivity index (χ2n) is 6.26. The second-order valence-corrected chi connectivity index (χ2v) is 6.26. The standard InChI is InChI=1S/C11H13NO2.C5H12N2O2.C4H4O3.H3N/c1-2-3-11(14)12-10-6-4-9(8-13)5-7-10;6-3-1-2-4(7)5(8)9;5-3-1-2-4(6)7-3;/h4-8H,2-3H2,1H3,(H,12,14);4H,1-3,6-7H2,(H,8,9);1-2H2;1H3/t;4-;;/m.0../s1. The van der Waals surface area contributed by atoms with Crippen LogP contribution in [0.5, 0.6) is 0 Å². The number of aliphatic carboxylic acids is 1. The Balaban J connectivity index is 0. The molecule has 0 radical (unpaired) electrons. The lowest BCUT2D eigenvalue weighted by atomic mass is 10.2. The van der Waals surface area contributed by atoms with E-state index in [1.165, 1.54) is 0 Å². The molecule has 0 aliphatic carbocycles. The van der Waals surface area contributed by atoms with Crippen LogP contribution in [0.4, 0.5) is 5.69 Å². The molecule has 0 saturated carbocycles. The second kappa shape index (κ2) is 17.7. The highest BCUT2D eigenvalue weighted by Crippen LogP contribution is 2.08. The molecule has 0 bridgehead atoms. The number of aldehydes is 1. The van der Waals surface area contributed by atoms with Gasteiger partial charge in [0.15, 0.2) is 0 Å². The number of carbonyl (C=O) groups excluding carboxylic acids is 4. The first-order valence-corrected chi connectivity index (χ1v) is 9.50. The summed E-state index contributed by atoms with van der Waals surface area (Å²) in [4.78, 5) is 51.6. The number of cyclic esters (lactones) is 2. The number of hydrogen-bond acceptors (Lipinski definition) is 9. The van der Waals surface area contributed by atoms with Crippen molar-refractivity contribution in [2.75, 3.05) is 11.9 Å². The van der Waals surface area contributed by atoms with Gasteiger partial charge < -0.3 is 32.8 Å². The molecule has 1 saturated heterocycles. The van der Waals surface area contributed by atoms with Gasteiger partial charge in [-0.25, -0.2) is 0 Å². The minimum atomic E-state index is -0.955. The van der Waals surface area contributed by atoms with Gasteiger partial charge >= 0.3 is 17.9 Å². The molecule has 174 valence electrons. The summed E-state index contributed by atoms with van der Waals surface area (Å²) in [5, 5.41) is 11.0. The third-order valence-corrected chi connectivity index (χ3v) is 3.60. The molecule has 1 amide bonds. The summed E-state index contributed by atoms with van der Waals surface area (Å²) in [7, 11) is 0. The van der Waals surface area contributed by atoms with Gasteiger partial charge in [0.25, 0.3) is 0 Å². The van der Waals surface area contributed by atoms with E-state index in [9.17, 15) is 24.0 Å². The Hall–Kier alpha value is -3.15. The van der Waals surface area contributed by atoms with Crippen LogP contribution in [0.3, 0.4) is 0 Å². The lowest BCUT2D eigenvalue weighted by Crippen LogP contribution is -2.30. The fourth-order valence-corrected chi connectivity index (χ4v) is 1.99. The van der Waals surface area contributed by atoms with Crippen LogP contribution in [-0.4, -0.2) is 47.8 Å². The normalized spacial score (nSPS) is 12.6. The number of benzene rings is 1. The van der Waals surface area contributed by atoms with Gasteiger partial charge in [0, 0.05) is 17.7 Å². The average Bonchev–Trinajstić information content (AvgIpc) is 3.10. The highest BCUT2D eigenvalue weighted by molar-refractivity contribution is 5.92. The molecular weight excluding hydrogens is 408 g/mol. The predicted octanol–water partition coefficient (Wildman–Crippen LogP) is 1.39. The van der Waals surface area contributed by atoms with Crippen LogP contribution in [-0.2, 0) is 23.9 Å². The summed E-state index contributed by atoms with van der Waals surface area (Å²) in [6.07, 6.45) is 3.79. The fraction of sp³-hybridized carbons (Fsp3) is 0.450. The molecule has 1 aliphatic rings. The molecule has 11 heteroatoms. The zero-order chi connectivity index (χ0) is 22.9. The number of amides is 1. The number of carboxylic acids is 1. The fourth-order valence-electron chi connectivity index (χ4n) is 1.99. The van der Waals surface area contributed by atoms with Crippen molar-refractivity contribution in [1.29, 1.82) is 0 Å². The van der Waals surface area contributed by atoms with E-state index in [4.69, 9.17) is 16.6 Å². The first-order chi connectivity index (χ1) is 14.2. The minimum absolute atomic E-state index is 0. The van der Waals surface area contributed by atoms with E-state index in [2.05, 4.69) is 10.1 Å². The molecule has 31 heavy (non-hydrogen) atoms. The van der Waals surface area contributed by atoms with E-state index in [-0.39, 0.29) is 24.9 Å². The van der Waals surface area contributed by atoms with Gasteiger partial charge in [-0.3, -0.25) is 24.0 Å². The maximum absolute atomic E-state index is 11.2. The Bertz CT molecular complexity index is 694. The Morgan fingerprint density at radius 2 is 1.74 bits per heavy atom. The molecule has 0 aromatic heterocycles. The smallest absolute Gasteiger partial charge is 0.320 e. The quantitative estimate of drug-likeness (QED) is 0.222.